The SMILES string of the molecule is O=C(Nc1nccs1)c1ccc(Cn2cnc3ccccc3c2=O)cc1. The Labute approximate surface area is 152 Å². The molecule has 4 rings (SSSR count). The van der Waals surface area contributed by atoms with Crippen molar-refractivity contribution >= 4 is 33.3 Å². The van der Waals surface area contributed by atoms with Gasteiger partial charge in [-0.05, 0) is 29.8 Å². The molecule has 1 N–H and O–H groups in total. The van der Waals surface area contributed by atoms with Gasteiger partial charge in [0.05, 0.1) is 23.8 Å². The minimum absolute atomic E-state index is 0.0822. The molecule has 2 aromatic heterocycles. The van der Waals surface area contributed by atoms with Gasteiger partial charge in [0.2, 0.25) is 0 Å². The van der Waals surface area contributed by atoms with Crippen molar-refractivity contribution in [1.29, 1.82) is 0 Å². The van der Waals surface area contributed by atoms with E-state index in [0.29, 0.717) is 28.1 Å². The quantitative estimate of drug-likeness (QED) is 0.605. The number of hydrogen-bond acceptors (Lipinski definition) is 5. The van der Waals surface area contributed by atoms with Gasteiger partial charge in [-0.25, -0.2) is 9.97 Å². The minimum Gasteiger partial charge on any atom is -0.298 e. The summed E-state index contributed by atoms with van der Waals surface area (Å²) in [6.07, 6.45) is 3.19. The van der Waals surface area contributed by atoms with Crippen LogP contribution in [0.4, 0.5) is 5.13 Å². The van der Waals surface area contributed by atoms with Gasteiger partial charge in [-0.2, -0.15) is 0 Å². The molecule has 0 aliphatic rings. The standard InChI is InChI=1S/C19H14N4O2S/c24-17(22-19-20-9-10-26-19)14-7-5-13(6-8-14)11-23-12-21-16-4-2-1-3-15(16)18(23)25/h1-10,12H,11H2,(H,20,22,24). The zero-order valence-corrected chi connectivity index (χ0v) is 14.4. The summed E-state index contributed by atoms with van der Waals surface area (Å²) in [5, 5.41) is 5.69. The van der Waals surface area contributed by atoms with Crippen LogP contribution in [-0.4, -0.2) is 20.4 Å². The predicted molar refractivity (Wildman–Crippen MR) is 102 cm³/mol. The van der Waals surface area contributed by atoms with Gasteiger partial charge >= 0.3 is 0 Å². The number of fused-ring (bicyclic) bond motifs is 1. The summed E-state index contributed by atoms with van der Waals surface area (Å²) in [4.78, 5) is 33.1. The zero-order chi connectivity index (χ0) is 17.9. The lowest BCUT2D eigenvalue weighted by molar-refractivity contribution is 0.102. The molecule has 0 fully saturated rings. The summed E-state index contributed by atoms with van der Waals surface area (Å²) in [7, 11) is 0. The van der Waals surface area contributed by atoms with E-state index in [0.717, 1.165) is 5.56 Å². The first-order chi connectivity index (χ1) is 12.7. The molecular formula is C19H14N4O2S. The van der Waals surface area contributed by atoms with Gasteiger partial charge in [0.1, 0.15) is 0 Å². The summed E-state index contributed by atoms with van der Waals surface area (Å²) in [6, 6.07) is 14.4. The van der Waals surface area contributed by atoms with Crippen LogP contribution in [0.15, 0.2) is 71.2 Å². The summed E-state index contributed by atoms with van der Waals surface area (Å²) in [5.74, 6) is -0.212. The minimum atomic E-state index is -0.212. The van der Waals surface area contributed by atoms with Gasteiger partial charge in [-0.1, -0.05) is 24.3 Å². The summed E-state index contributed by atoms with van der Waals surface area (Å²) < 4.78 is 1.56. The van der Waals surface area contributed by atoms with E-state index in [1.807, 2.05) is 30.3 Å². The molecule has 4 aromatic rings. The van der Waals surface area contributed by atoms with Crippen LogP contribution in [0.5, 0.6) is 0 Å². The number of anilines is 1. The maximum absolute atomic E-state index is 12.5. The van der Waals surface area contributed by atoms with Crippen molar-refractivity contribution in [3.05, 3.63) is 87.9 Å². The van der Waals surface area contributed by atoms with Crippen LogP contribution in [0.2, 0.25) is 0 Å². The number of nitrogens with zero attached hydrogens (tertiary/aromatic N) is 3. The van der Waals surface area contributed by atoms with Crippen molar-refractivity contribution in [3.63, 3.8) is 0 Å². The van der Waals surface area contributed by atoms with E-state index in [2.05, 4.69) is 15.3 Å². The number of rotatable bonds is 4. The molecule has 0 saturated carbocycles. The van der Waals surface area contributed by atoms with Crippen LogP contribution in [0.1, 0.15) is 15.9 Å². The number of amides is 1. The average Bonchev–Trinajstić information content (AvgIpc) is 3.18. The highest BCUT2D eigenvalue weighted by atomic mass is 32.1. The maximum atomic E-state index is 12.5. The molecule has 0 aliphatic carbocycles. The second-order valence-electron chi connectivity index (χ2n) is 5.68. The molecule has 0 radical (unpaired) electrons. The number of benzene rings is 2. The number of hydrogen-bond donors (Lipinski definition) is 1. The van der Waals surface area contributed by atoms with E-state index in [-0.39, 0.29) is 11.5 Å². The Hall–Kier alpha value is -3.32. The molecule has 0 unspecified atom stereocenters. The highest BCUT2D eigenvalue weighted by Gasteiger charge is 2.08. The average molecular weight is 362 g/mol. The third-order valence-electron chi connectivity index (χ3n) is 3.95. The molecule has 0 bridgehead atoms. The number of carbonyl (C=O) groups excluding carboxylic acids is 1. The van der Waals surface area contributed by atoms with Gasteiger partial charge in [0, 0.05) is 17.1 Å². The third kappa shape index (κ3) is 3.25. The molecule has 7 heteroatoms. The molecule has 2 aromatic carbocycles. The molecule has 26 heavy (non-hydrogen) atoms. The van der Waals surface area contributed by atoms with Crippen molar-refractivity contribution in [1.82, 2.24) is 14.5 Å². The maximum Gasteiger partial charge on any atom is 0.261 e. The van der Waals surface area contributed by atoms with Crippen molar-refractivity contribution in [2.75, 3.05) is 5.32 Å². The normalized spacial score (nSPS) is 10.8. The first kappa shape index (κ1) is 16.2. The number of carbonyl (C=O) groups is 1. The summed E-state index contributed by atoms with van der Waals surface area (Å²) >= 11 is 1.37. The van der Waals surface area contributed by atoms with Gasteiger partial charge < -0.3 is 0 Å². The summed E-state index contributed by atoms with van der Waals surface area (Å²) in [5.41, 5.74) is 2.05. The van der Waals surface area contributed by atoms with Gasteiger partial charge in [0.15, 0.2) is 5.13 Å². The Kier molecular flexibility index (Phi) is 4.28. The van der Waals surface area contributed by atoms with Crippen molar-refractivity contribution < 1.29 is 4.79 Å². The van der Waals surface area contributed by atoms with E-state index in [1.54, 1.807) is 40.7 Å². The fourth-order valence-corrected chi connectivity index (χ4v) is 3.16. The number of para-hydroxylation sites is 1. The van der Waals surface area contributed by atoms with Crippen LogP contribution >= 0.6 is 11.3 Å². The van der Waals surface area contributed by atoms with Crippen molar-refractivity contribution in [2.24, 2.45) is 0 Å². The molecule has 0 saturated heterocycles. The molecular weight excluding hydrogens is 348 g/mol. The Balaban J connectivity index is 1.53. The zero-order valence-electron chi connectivity index (χ0n) is 13.6. The van der Waals surface area contributed by atoms with E-state index >= 15 is 0 Å². The Morgan fingerprint density at radius 1 is 1.08 bits per heavy atom. The van der Waals surface area contributed by atoms with Crippen LogP contribution in [-0.2, 0) is 6.54 Å². The fraction of sp³-hybridized carbons (Fsp3) is 0.0526. The lowest BCUT2D eigenvalue weighted by Gasteiger charge is -2.08. The lowest BCUT2D eigenvalue weighted by atomic mass is 10.1. The molecule has 6 nitrogen and oxygen atoms in total. The molecule has 0 aliphatic heterocycles. The van der Waals surface area contributed by atoms with E-state index < -0.39 is 0 Å². The molecule has 0 atom stereocenters. The van der Waals surface area contributed by atoms with Crippen molar-refractivity contribution in [3.8, 4) is 0 Å². The molecule has 128 valence electrons. The largest absolute Gasteiger partial charge is 0.298 e. The second kappa shape index (κ2) is 6.89. The smallest absolute Gasteiger partial charge is 0.261 e. The number of aromatic nitrogens is 3. The van der Waals surface area contributed by atoms with Crippen molar-refractivity contribution in [2.45, 2.75) is 6.54 Å². The highest BCUT2D eigenvalue weighted by Crippen LogP contribution is 2.13. The third-order valence-corrected chi connectivity index (χ3v) is 4.64. The van der Waals surface area contributed by atoms with Gasteiger partial charge in [-0.15, -0.1) is 11.3 Å². The molecule has 0 spiro atoms. The highest BCUT2D eigenvalue weighted by molar-refractivity contribution is 7.13. The van der Waals surface area contributed by atoms with Crippen LogP contribution in [0, 0.1) is 0 Å². The lowest BCUT2D eigenvalue weighted by Crippen LogP contribution is -2.21. The summed E-state index contributed by atoms with van der Waals surface area (Å²) in [6.45, 7) is 0.394. The monoisotopic (exact) mass is 362 g/mol. The second-order valence-corrected chi connectivity index (χ2v) is 6.58. The Morgan fingerprint density at radius 3 is 2.65 bits per heavy atom. The molecule has 2 heterocycles. The molecule has 1 amide bonds. The van der Waals surface area contributed by atoms with Crippen LogP contribution in [0.25, 0.3) is 10.9 Å². The topological polar surface area (TPSA) is 76.9 Å². The first-order valence-corrected chi connectivity index (χ1v) is 8.82. The predicted octanol–water partition coefficient (Wildman–Crippen LogP) is 3.15. The Morgan fingerprint density at radius 2 is 1.88 bits per heavy atom. The van der Waals surface area contributed by atoms with Gasteiger partial charge in [0.25, 0.3) is 11.5 Å². The van der Waals surface area contributed by atoms with E-state index in [4.69, 9.17) is 0 Å². The van der Waals surface area contributed by atoms with Crippen LogP contribution < -0.4 is 10.9 Å². The first-order valence-electron chi connectivity index (χ1n) is 7.95. The number of thiazole rings is 1. The fourth-order valence-electron chi connectivity index (χ4n) is 2.63. The van der Waals surface area contributed by atoms with E-state index in [1.165, 1.54) is 11.3 Å². The van der Waals surface area contributed by atoms with Gasteiger partial charge in [-0.3, -0.25) is 19.5 Å². The number of nitrogens with one attached hydrogen (secondary N) is 1. The van der Waals surface area contributed by atoms with Crippen LogP contribution in [0.3, 0.4) is 0 Å². The Bertz CT molecular complexity index is 1120. The van der Waals surface area contributed by atoms with E-state index in [9.17, 15) is 9.59 Å².